The predicted molar refractivity (Wildman–Crippen MR) is 54.0 cm³/mol. The van der Waals surface area contributed by atoms with Crippen LogP contribution in [0.5, 0.6) is 0 Å². The molecular formula is C7H17NNa2O6S. The maximum atomic E-state index is 8.48. The Morgan fingerprint density at radius 1 is 0.882 bits per heavy atom. The second-order valence-corrected chi connectivity index (χ2v) is 2.22. The zero-order valence-electron chi connectivity index (χ0n) is 10.4. The summed E-state index contributed by atoms with van der Waals surface area (Å²) < 4.78 is 16.6. The summed E-state index contributed by atoms with van der Waals surface area (Å²) in [4.78, 5) is 9.79. The second-order valence-electron chi connectivity index (χ2n) is 2.08. The van der Waals surface area contributed by atoms with Gasteiger partial charge in [0, 0.05) is 19.6 Å². The van der Waals surface area contributed by atoms with E-state index in [4.69, 9.17) is 29.2 Å². The van der Waals surface area contributed by atoms with Gasteiger partial charge in [-0.25, -0.2) is 0 Å². The van der Waals surface area contributed by atoms with Gasteiger partial charge < -0.3 is 41.5 Å². The number of rotatable bonds is 6. The molecule has 0 heterocycles. The number of hydrogen-bond acceptors (Lipinski definition) is 8. The molecule has 0 aromatic heterocycles. The fourth-order valence-electron chi connectivity index (χ4n) is 0.760. The van der Waals surface area contributed by atoms with Crippen LogP contribution in [0.15, 0.2) is 0 Å². The summed E-state index contributed by atoms with van der Waals surface area (Å²) in [7, 11) is 0. The molecule has 0 aliphatic carbocycles. The SMILES string of the molecule is C=O.OCCN(CCO)CCO.[Na+].[Na+].[O-]S[O-]. The Morgan fingerprint density at radius 3 is 1.18 bits per heavy atom. The van der Waals surface area contributed by atoms with Crippen LogP contribution in [0.25, 0.3) is 0 Å². The molecule has 0 radical (unpaired) electrons. The van der Waals surface area contributed by atoms with Gasteiger partial charge in [-0.2, -0.15) is 0 Å². The monoisotopic (exact) mass is 289 g/mol. The average Bonchev–Trinajstić information content (AvgIpc) is 2.23. The van der Waals surface area contributed by atoms with Crippen molar-refractivity contribution in [1.82, 2.24) is 4.90 Å². The first-order valence-electron chi connectivity index (χ1n) is 4.02. The number of carbonyl (C=O) groups is 1. The van der Waals surface area contributed by atoms with Crippen molar-refractivity contribution in [2.75, 3.05) is 39.5 Å². The molecule has 17 heavy (non-hydrogen) atoms. The number of hydrogen-bond donors (Lipinski definition) is 3. The van der Waals surface area contributed by atoms with E-state index >= 15 is 0 Å². The topological polar surface area (TPSA) is 127 Å². The zero-order valence-corrected chi connectivity index (χ0v) is 15.2. The molecule has 10 heteroatoms. The molecule has 0 atom stereocenters. The third-order valence-corrected chi connectivity index (χ3v) is 1.25. The second kappa shape index (κ2) is 36.1. The maximum absolute atomic E-state index is 8.48. The van der Waals surface area contributed by atoms with E-state index in [1.807, 2.05) is 6.79 Å². The van der Waals surface area contributed by atoms with Gasteiger partial charge in [0.15, 0.2) is 0 Å². The molecule has 0 aliphatic rings. The van der Waals surface area contributed by atoms with Crippen LogP contribution in [0.1, 0.15) is 0 Å². The average molecular weight is 289 g/mol. The molecule has 0 bridgehead atoms. The Hall–Kier alpha value is 1.78. The molecule has 0 unspecified atom stereocenters. The normalized spacial score (nSPS) is 7.65. The standard InChI is InChI=1S/C6H15NO3.CH2O.2Na.H2O2S/c8-4-1-7(2-5-9)3-6-10;1-2;;;1-3-2/h8-10H,1-6H2;1H2;;;1-2H/q;;2*+1;/p-2. The third kappa shape index (κ3) is 38.1. The van der Waals surface area contributed by atoms with Crippen LogP contribution < -0.4 is 59.1 Å². The van der Waals surface area contributed by atoms with Crippen molar-refractivity contribution in [3.05, 3.63) is 0 Å². The Kier molecular flexibility index (Phi) is 66.3. The van der Waals surface area contributed by atoms with Crippen molar-refractivity contribution in [2.24, 2.45) is 0 Å². The summed E-state index contributed by atoms with van der Waals surface area (Å²) in [5.41, 5.74) is 0. The van der Waals surface area contributed by atoms with Crippen molar-refractivity contribution >= 4 is 19.1 Å². The van der Waals surface area contributed by atoms with Crippen molar-refractivity contribution in [2.45, 2.75) is 0 Å². The number of aliphatic hydroxyl groups is 3. The summed E-state index contributed by atoms with van der Waals surface area (Å²) in [6.45, 7) is 3.75. The van der Waals surface area contributed by atoms with Crippen molar-refractivity contribution < 1.29 is 88.3 Å². The summed E-state index contributed by atoms with van der Waals surface area (Å²) >= 11 is -0.750. The molecule has 0 aliphatic heterocycles. The molecule has 0 spiro atoms. The Labute approximate surface area is 150 Å². The van der Waals surface area contributed by atoms with Gasteiger partial charge in [0.25, 0.3) is 0 Å². The Bertz CT molecular complexity index is 94.2. The Balaban J connectivity index is -0.0000000598. The van der Waals surface area contributed by atoms with E-state index in [1.54, 1.807) is 4.90 Å². The molecule has 0 saturated heterocycles. The van der Waals surface area contributed by atoms with Gasteiger partial charge in [-0.05, 0) is 0 Å². The van der Waals surface area contributed by atoms with Crippen LogP contribution >= 0.6 is 12.3 Å². The van der Waals surface area contributed by atoms with Crippen LogP contribution in [0, 0.1) is 0 Å². The molecule has 0 fully saturated rings. The minimum Gasteiger partial charge on any atom is -0.811 e. The molecule has 0 amide bonds. The van der Waals surface area contributed by atoms with Crippen LogP contribution in [0.2, 0.25) is 0 Å². The number of aliphatic hydroxyl groups excluding tert-OH is 3. The first kappa shape index (κ1) is 31.3. The zero-order chi connectivity index (χ0) is 12.5. The Morgan fingerprint density at radius 2 is 1.06 bits per heavy atom. The molecule has 0 aromatic rings. The van der Waals surface area contributed by atoms with Crippen molar-refractivity contribution in [3.8, 4) is 0 Å². The molecular weight excluding hydrogens is 272 g/mol. The van der Waals surface area contributed by atoms with E-state index in [1.165, 1.54) is 0 Å². The van der Waals surface area contributed by atoms with Crippen LogP contribution in [-0.4, -0.2) is 75.6 Å². The van der Waals surface area contributed by atoms with Gasteiger partial charge in [-0.1, -0.05) is 0 Å². The summed E-state index contributed by atoms with van der Waals surface area (Å²) in [6, 6.07) is 0. The van der Waals surface area contributed by atoms with Crippen LogP contribution in [0.4, 0.5) is 0 Å². The van der Waals surface area contributed by atoms with Gasteiger partial charge >= 0.3 is 59.1 Å². The van der Waals surface area contributed by atoms with Gasteiger partial charge in [0.2, 0.25) is 0 Å². The molecule has 3 N–H and O–H groups in total. The molecule has 0 rings (SSSR count). The largest absolute Gasteiger partial charge is 1.00 e. The molecule has 0 saturated carbocycles. The quantitative estimate of drug-likeness (QED) is 0.325. The van der Waals surface area contributed by atoms with E-state index < -0.39 is 12.3 Å². The van der Waals surface area contributed by atoms with E-state index in [0.717, 1.165) is 0 Å². The van der Waals surface area contributed by atoms with Gasteiger partial charge in [-0.3, -0.25) is 4.90 Å². The fraction of sp³-hybridized carbons (Fsp3) is 0.857. The first-order chi connectivity index (χ1) is 7.26. The first-order valence-corrected chi connectivity index (χ1v) is 4.69. The van der Waals surface area contributed by atoms with E-state index in [2.05, 4.69) is 0 Å². The smallest absolute Gasteiger partial charge is 0.811 e. The predicted octanol–water partition coefficient (Wildman–Crippen LogP) is -7.93. The van der Waals surface area contributed by atoms with Crippen molar-refractivity contribution in [1.29, 1.82) is 0 Å². The van der Waals surface area contributed by atoms with Crippen molar-refractivity contribution in [3.63, 3.8) is 0 Å². The van der Waals surface area contributed by atoms with Crippen LogP contribution in [0.3, 0.4) is 0 Å². The maximum Gasteiger partial charge on any atom is 1.00 e. The number of nitrogens with zero attached hydrogens (tertiary/aromatic N) is 1. The molecule has 7 nitrogen and oxygen atoms in total. The van der Waals surface area contributed by atoms with Crippen LogP contribution in [-0.2, 0) is 4.79 Å². The molecule has 0 aromatic carbocycles. The van der Waals surface area contributed by atoms with E-state index in [-0.39, 0.29) is 78.9 Å². The summed E-state index contributed by atoms with van der Waals surface area (Å²) in [5.74, 6) is 0. The third-order valence-electron chi connectivity index (χ3n) is 1.25. The summed E-state index contributed by atoms with van der Waals surface area (Å²) in [6.07, 6.45) is 0. The van der Waals surface area contributed by atoms with Gasteiger partial charge in [0.1, 0.15) is 6.79 Å². The van der Waals surface area contributed by atoms with Gasteiger partial charge in [0.05, 0.1) is 19.8 Å². The summed E-state index contributed by atoms with van der Waals surface area (Å²) in [5, 5.41) is 25.5. The van der Waals surface area contributed by atoms with E-state index in [9.17, 15) is 0 Å². The fourth-order valence-corrected chi connectivity index (χ4v) is 0.760. The minimum absolute atomic E-state index is 0. The molecule has 94 valence electrons. The van der Waals surface area contributed by atoms with E-state index in [0.29, 0.717) is 19.6 Å². The van der Waals surface area contributed by atoms with Gasteiger partial charge in [-0.15, -0.1) is 0 Å². The minimum atomic E-state index is -0.750. The number of carbonyl (C=O) groups excluding carboxylic acids is 1.